The molecule has 1 heterocycles. The number of halogens is 1. The molecule has 0 radical (unpaired) electrons. The Morgan fingerprint density at radius 1 is 1.40 bits per heavy atom. The van der Waals surface area contributed by atoms with Crippen LogP contribution in [0.25, 0.3) is 0 Å². The van der Waals surface area contributed by atoms with Crippen molar-refractivity contribution in [1.82, 2.24) is 10.6 Å². The number of thioether (sulfide) groups is 1. The second-order valence-electron chi connectivity index (χ2n) is 5.27. The first-order chi connectivity index (χ1) is 9.63. The van der Waals surface area contributed by atoms with Crippen molar-refractivity contribution in [3.63, 3.8) is 0 Å². The highest BCUT2D eigenvalue weighted by molar-refractivity contribution is 8.00. The Hall–Kier alpha value is -1.23. The van der Waals surface area contributed by atoms with Crippen LogP contribution in [0.2, 0.25) is 0 Å². The minimum Gasteiger partial charge on any atom is -0.355 e. The Morgan fingerprint density at radius 3 is 2.85 bits per heavy atom. The highest BCUT2D eigenvalue weighted by atomic mass is 32.2. The Morgan fingerprint density at radius 2 is 2.20 bits per heavy atom. The van der Waals surface area contributed by atoms with E-state index < -0.39 is 0 Å². The Labute approximate surface area is 124 Å². The predicted octanol–water partition coefficient (Wildman–Crippen LogP) is 2.78. The summed E-state index contributed by atoms with van der Waals surface area (Å²) in [5.74, 6) is 1.77. The quantitative estimate of drug-likeness (QED) is 0.662. The van der Waals surface area contributed by atoms with Crippen molar-refractivity contribution in [2.24, 2.45) is 4.99 Å². The number of rotatable bonds is 4. The van der Waals surface area contributed by atoms with Crippen LogP contribution >= 0.6 is 11.8 Å². The third-order valence-electron chi connectivity index (χ3n) is 3.56. The topological polar surface area (TPSA) is 36.4 Å². The van der Waals surface area contributed by atoms with E-state index in [1.807, 2.05) is 17.8 Å². The van der Waals surface area contributed by atoms with Gasteiger partial charge in [0.1, 0.15) is 5.82 Å². The summed E-state index contributed by atoms with van der Waals surface area (Å²) in [6.07, 6.45) is 2.51. The van der Waals surface area contributed by atoms with Crippen molar-refractivity contribution >= 4 is 17.7 Å². The van der Waals surface area contributed by atoms with E-state index in [0.29, 0.717) is 12.1 Å². The molecule has 0 aromatic heterocycles. The Balaban J connectivity index is 1.82. The summed E-state index contributed by atoms with van der Waals surface area (Å²) in [6.45, 7) is 3.60. The van der Waals surface area contributed by atoms with Gasteiger partial charge in [0.2, 0.25) is 0 Å². The highest BCUT2D eigenvalue weighted by Crippen LogP contribution is 2.36. The number of benzene rings is 1. The van der Waals surface area contributed by atoms with Gasteiger partial charge in [-0.1, -0.05) is 18.2 Å². The molecule has 1 atom stereocenters. The molecule has 3 nitrogen and oxygen atoms in total. The van der Waals surface area contributed by atoms with Gasteiger partial charge in [0.25, 0.3) is 0 Å². The van der Waals surface area contributed by atoms with Gasteiger partial charge in [0.15, 0.2) is 5.96 Å². The zero-order valence-electron chi connectivity index (χ0n) is 12.1. The molecule has 1 saturated heterocycles. The van der Waals surface area contributed by atoms with Crippen molar-refractivity contribution in [3.05, 3.63) is 35.6 Å². The summed E-state index contributed by atoms with van der Waals surface area (Å²) in [6, 6.07) is 6.80. The molecule has 2 rings (SSSR count). The van der Waals surface area contributed by atoms with Gasteiger partial charge in [0.05, 0.1) is 0 Å². The van der Waals surface area contributed by atoms with E-state index in [0.717, 1.165) is 12.5 Å². The second-order valence-corrected chi connectivity index (χ2v) is 6.96. The molecule has 1 fully saturated rings. The zero-order chi connectivity index (χ0) is 14.4. The standard InChI is InChI=1S/C15H22FN3S/c1-15(8-5-9-20-15)11-19-14(17-2)18-10-12-6-3-4-7-13(12)16/h3-4,6-7H,5,8-11H2,1-2H3,(H2,17,18,19). The molecule has 1 unspecified atom stereocenters. The molecule has 0 spiro atoms. The first-order valence-electron chi connectivity index (χ1n) is 6.95. The van der Waals surface area contributed by atoms with Crippen LogP contribution in [0, 0.1) is 5.82 Å². The highest BCUT2D eigenvalue weighted by Gasteiger charge is 2.29. The number of guanidine groups is 1. The third kappa shape index (κ3) is 4.13. The maximum Gasteiger partial charge on any atom is 0.191 e. The first-order valence-corrected chi connectivity index (χ1v) is 7.93. The second kappa shape index (κ2) is 6.97. The minimum atomic E-state index is -0.186. The van der Waals surface area contributed by atoms with Crippen LogP contribution in [0.3, 0.4) is 0 Å². The molecule has 1 aromatic rings. The summed E-state index contributed by atoms with van der Waals surface area (Å²) >= 11 is 2.01. The van der Waals surface area contributed by atoms with Crippen LogP contribution in [0.5, 0.6) is 0 Å². The monoisotopic (exact) mass is 295 g/mol. The summed E-state index contributed by atoms with van der Waals surface area (Å²) in [7, 11) is 1.74. The van der Waals surface area contributed by atoms with Crippen LogP contribution < -0.4 is 10.6 Å². The third-order valence-corrected chi connectivity index (χ3v) is 5.10. The van der Waals surface area contributed by atoms with Gasteiger partial charge >= 0.3 is 0 Å². The van der Waals surface area contributed by atoms with Gasteiger partial charge < -0.3 is 10.6 Å². The minimum absolute atomic E-state index is 0.186. The van der Waals surface area contributed by atoms with E-state index in [4.69, 9.17) is 0 Å². The zero-order valence-corrected chi connectivity index (χ0v) is 12.9. The number of hydrogen-bond donors (Lipinski definition) is 2. The van der Waals surface area contributed by atoms with E-state index in [-0.39, 0.29) is 10.6 Å². The maximum atomic E-state index is 13.5. The average Bonchev–Trinajstić information content (AvgIpc) is 2.88. The maximum absolute atomic E-state index is 13.5. The molecule has 5 heteroatoms. The number of aliphatic imine (C=N–C) groups is 1. The lowest BCUT2D eigenvalue weighted by atomic mass is 10.1. The molecule has 0 amide bonds. The van der Waals surface area contributed by atoms with E-state index in [1.54, 1.807) is 19.2 Å². The number of nitrogens with zero attached hydrogens (tertiary/aromatic N) is 1. The van der Waals surface area contributed by atoms with Crippen molar-refractivity contribution in [2.45, 2.75) is 31.1 Å². The molecule has 20 heavy (non-hydrogen) atoms. The predicted molar refractivity (Wildman–Crippen MR) is 84.7 cm³/mol. The lowest BCUT2D eigenvalue weighted by molar-refractivity contribution is 0.581. The van der Waals surface area contributed by atoms with Gasteiger partial charge in [-0.15, -0.1) is 0 Å². The summed E-state index contributed by atoms with van der Waals surface area (Å²) < 4.78 is 13.8. The smallest absolute Gasteiger partial charge is 0.191 e. The first kappa shape index (κ1) is 15.2. The fourth-order valence-electron chi connectivity index (χ4n) is 2.29. The summed E-state index contributed by atoms with van der Waals surface area (Å²) in [5, 5.41) is 6.49. The molecule has 2 N–H and O–H groups in total. The molecule has 0 saturated carbocycles. The molecule has 1 aliphatic rings. The fraction of sp³-hybridized carbons (Fsp3) is 0.533. The van der Waals surface area contributed by atoms with Crippen molar-refractivity contribution in [1.29, 1.82) is 0 Å². The van der Waals surface area contributed by atoms with Gasteiger partial charge in [-0.05, 0) is 31.6 Å². The molecular weight excluding hydrogens is 273 g/mol. The van der Waals surface area contributed by atoms with E-state index in [9.17, 15) is 4.39 Å². The number of nitrogens with one attached hydrogen (secondary N) is 2. The summed E-state index contributed by atoms with van der Waals surface area (Å²) in [4.78, 5) is 4.19. The molecule has 110 valence electrons. The van der Waals surface area contributed by atoms with Crippen molar-refractivity contribution in [2.75, 3.05) is 19.3 Å². The fourth-order valence-corrected chi connectivity index (χ4v) is 3.53. The molecule has 1 aromatic carbocycles. The molecule has 0 aliphatic carbocycles. The van der Waals surface area contributed by atoms with E-state index in [1.165, 1.54) is 24.7 Å². The van der Waals surface area contributed by atoms with Crippen LogP contribution in [-0.2, 0) is 6.54 Å². The van der Waals surface area contributed by atoms with Gasteiger partial charge in [0, 0.05) is 30.4 Å². The van der Waals surface area contributed by atoms with Gasteiger partial charge in [-0.2, -0.15) is 11.8 Å². The van der Waals surface area contributed by atoms with Crippen LogP contribution in [0.4, 0.5) is 4.39 Å². The van der Waals surface area contributed by atoms with Crippen LogP contribution in [-0.4, -0.2) is 30.1 Å². The SMILES string of the molecule is CN=C(NCc1ccccc1F)NCC1(C)CCCS1. The van der Waals surface area contributed by atoms with Crippen molar-refractivity contribution in [3.8, 4) is 0 Å². The normalized spacial score (nSPS) is 22.9. The molecule has 0 bridgehead atoms. The van der Waals surface area contributed by atoms with Gasteiger partial charge in [-0.25, -0.2) is 4.39 Å². The Kier molecular flexibility index (Phi) is 5.29. The molecule has 1 aliphatic heterocycles. The number of hydrogen-bond acceptors (Lipinski definition) is 2. The van der Waals surface area contributed by atoms with E-state index >= 15 is 0 Å². The Bertz CT molecular complexity index is 470. The largest absolute Gasteiger partial charge is 0.355 e. The lowest BCUT2D eigenvalue weighted by Gasteiger charge is -2.24. The van der Waals surface area contributed by atoms with Crippen LogP contribution in [0.15, 0.2) is 29.3 Å². The average molecular weight is 295 g/mol. The summed E-state index contributed by atoms with van der Waals surface area (Å²) in [5.41, 5.74) is 0.650. The van der Waals surface area contributed by atoms with Gasteiger partial charge in [-0.3, -0.25) is 4.99 Å². The van der Waals surface area contributed by atoms with Crippen molar-refractivity contribution < 1.29 is 4.39 Å². The lowest BCUT2D eigenvalue weighted by Crippen LogP contribution is -2.43. The molecular formula is C15H22FN3S. The van der Waals surface area contributed by atoms with E-state index in [2.05, 4.69) is 22.5 Å². The van der Waals surface area contributed by atoms with Crippen LogP contribution in [0.1, 0.15) is 25.3 Å².